The second-order valence-electron chi connectivity index (χ2n) is 2.88. The number of carbonyl (C=O) groups excluding carboxylic acids is 2. The molecule has 0 N–H and O–H groups in total. The molecule has 0 bridgehead atoms. The number of esters is 1. The second kappa shape index (κ2) is 2.19. The molecule has 3 heteroatoms. The molecule has 0 spiro atoms. The van der Waals surface area contributed by atoms with Gasteiger partial charge in [-0.25, -0.2) is 0 Å². The van der Waals surface area contributed by atoms with Gasteiger partial charge in [-0.15, -0.1) is 0 Å². The highest BCUT2D eigenvalue weighted by Crippen LogP contribution is 2.34. The summed E-state index contributed by atoms with van der Waals surface area (Å²) in [6.45, 7) is 0. The molecule has 0 amide bonds. The zero-order valence-electron chi connectivity index (χ0n) is 5.90. The van der Waals surface area contributed by atoms with E-state index in [1.165, 1.54) is 0 Å². The minimum atomic E-state index is -0.543. The number of aldehydes is 1. The van der Waals surface area contributed by atoms with Crippen molar-refractivity contribution in [3.63, 3.8) is 0 Å². The number of fused-ring (bicyclic) bond motifs is 1. The maximum atomic E-state index is 10.9. The lowest BCUT2D eigenvalue weighted by atomic mass is 9.95. The van der Waals surface area contributed by atoms with Crippen LogP contribution in [0, 0.1) is 11.8 Å². The minimum absolute atomic E-state index is 0.0139. The van der Waals surface area contributed by atoms with Crippen LogP contribution in [-0.2, 0) is 14.3 Å². The molecule has 1 aliphatic carbocycles. The van der Waals surface area contributed by atoms with Gasteiger partial charge in [0.2, 0.25) is 0 Å². The van der Waals surface area contributed by atoms with Gasteiger partial charge in [-0.3, -0.25) is 4.79 Å². The van der Waals surface area contributed by atoms with Crippen molar-refractivity contribution in [3.05, 3.63) is 12.2 Å². The van der Waals surface area contributed by atoms with Crippen LogP contribution >= 0.6 is 0 Å². The van der Waals surface area contributed by atoms with Gasteiger partial charge in [-0.05, 0) is 0 Å². The van der Waals surface area contributed by atoms with E-state index in [9.17, 15) is 9.59 Å². The molecule has 2 rings (SSSR count). The fourth-order valence-electron chi connectivity index (χ4n) is 1.66. The van der Waals surface area contributed by atoms with E-state index in [0.717, 1.165) is 6.42 Å². The molecule has 11 heavy (non-hydrogen) atoms. The predicted molar refractivity (Wildman–Crippen MR) is 36.7 cm³/mol. The molecule has 1 fully saturated rings. The van der Waals surface area contributed by atoms with Crippen molar-refractivity contribution in [3.8, 4) is 0 Å². The molecule has 2 aliphatic rings. The maximum absolute atomic E-state index is 10.9. The molecule has 1 aliphatic heterocycles. The van der Waals surface area contributed by atoms with E-state index >= 15 is 0 Å². The minimum Gasteiger partial charge on any atom is -0.461 e. The Kier molecular flexibility index (Phi) is 1.31. The van der Waals surface area contributed by atoms with Crippen LogP contribution in [0.4, 0.5) is 0 Å². The average Bonchev–Trinajstić information content (AvgIpc) is 2.46. The van der Waals surface area contributed by atoms with Crippen LogP contribution in [-0.4, -0.2) is 18.4 Å². The molecule has 3 atom stereocenters. The molecule has 1 saturated heterocycles. The van der Waals surface area contributed by atoms with Gasteiger partial charge in [0.1, 0.15) is 18.3 Å². The van der Waals surface area contributed by atoms with Crippen molar-refractivity contribution >= 4 is 12.3 Å². The van der Waals surface area contributed by atoms with Crippen LogP contribution in [0.5, 0.6) is 0 Å². The Morgan fingerprint density at radius 3 is 3.18 bits per heavy atom. The van der Waals surface area contributed by atoms with Gasteiger partial charge in [0.15, 0.2) is 0 Å². The molecule has 0 radical (unpaired) electrons. The molecule has 58 valence electrons. The second-order valence-corrected chi connectivity index (χ2v) is 2.88. The van der Waals surface area contributed by atoms with E-state index in [0.29, 0.717) is 6.29 Å². The lowest BCUT2D eigenvalue weighted by Gasteiger charge is -2.05. The summed E-state index contributed by atoms with van der Waals surface area (Å²) < 4.78 is 4.96. The van der Waals surface area contributed by atoms with E-state index in [1.807, 2.05) is 12.2 Å². The molecule has 0 aromatic heterocycles. The van der Waals surface area contributed by atoms with Gasteiger partial charge in [0.25, 0.3) is 0 Å². The van der Waals surface area contributed by atoms with Crippen molar-refractivity contribution in [1.82, 2.24) is 0 Å². The summed E-state index contributed by atoms with van der Waals surface area (Å²) in [6, 6.07) is 0. The SMILES string of the molecule is O=C[C@H]1C(=O)O[C@H]2CC=C[C@H]21. The summed E-state index contributed by atoms with van der Waals surface area (Å²) in [6.07, 6.45) is 5.24. The third-order valence-electron chi connectivity index (χ3n) is 2.26. The zero-order valence-corrected chi connectivity index (χ0v) is 5.90. The highest BCUT2D eigenvalue weighted by molar-refractivity contribution is 5.90. The Balaban J connectivity index is 2.25. The zero-order chi connectivity index (χ0) is 7.84. The van der Waals surface area contributed by atoms with Gasteiger partial charge in [0.05, 0.1) is 0 Å². The van der Waals surface area contributed by atoms with E-state index in [2.05, 4.69) is 0 Å². The predicted octanol–water partition coefficient (Wildman–Crippen LogP) is 0.303. The highest BCUT2D eigenvalue weighted by Gasteiger charge is 2.44. The van der Waals surface area contributed by atoms with Crippen molar-refractivity contribution in [2.24, 2.45) is 11.8 Å². The molecular weight excluding hydrogens is 144 g/mol. The number of hydrogen-bond donors (Lipinski definition) is 0. The molecule has 0 saturated carbocycles. The first-order chi connectivity index (χ1) is 5.33. The van der Waals surface area contributed by atoms with Gasteiger partial charge in [0, 0.05) is 12.3 Å². The molecule has 0 aromatic carbocycles. The summed E-state index contributed by atoms with van der Waals surface area (Å²) in [5.41, 5.74) is 0. The quantitative estimate of drug-likeness (QED) is 0.235. The van der Waals surface area contributed by atoms with Crippen molar-refractivity contribution in [2.45, 2.75) is 12.5 Å². The molecule has 3 nitrogen and oxygen atoms in total. The first kappa shape index (κ1) is 6.58. The summed E-state index contributed by atoms with van der Waals surface area (Å²) in [5.74, 6) is -0.891. The Hall–Kier alpha value is -1.12. The van der Waals surface area contributed by atoms with Gasteiger partial charge in [-0.2, -0.15) is 0 Å². The Morgan fingerprint density at radius 1 is 1.64 bits per heavy atom. The third-order valence-corrected chi connectivity index (χ3v) is 2.26. The van der Waals surface area contributed by atoms with Crippen LogP contribution < -0.4 is 0 Å². The first-order valence-electron chi connectivity index (χ1n) is 3.65. The Bertz CT molecular complexity index is 231. The maximum Gasteiger partial charge on any atom is 0.317 e. The average molecular weight is 152 g/mol. The van der Waals surface area contributed by atoms with E-state index in [4.69, 9.17) is 4.74 Å². The van der Waals surface area contributed by atoms with Gasteiger partial charge in [-0.1, -0.05) is 12.2 Å². The largest absolute Gasteiger partial charge is 0.461 e. The lowest BCUT2D eigenvalue weighted by Crippen LogP contribution is -2.16. The third kappa shape index (κ3) is 0.803. The molecular formula is C8H8O3. The van der Waals surface area contributed by atoms with Crippen LogP contribution in [0.15, 0.2) is 12.2 Å². The van der Waals surface area contributed by atoms with Crippen molar-refractivity contribution in [1.29, 1.82) is 0 Å². The lowest BCUT2D eigenvalue weighted by molar-refractivity contribution is -0.145. The summed E-state index contributed by atoms with van der Waals surface area (Å²) in [5, 5.41) is 0. The van der Waals surface area contributed by atoms with E-state index in [1.54, 1.807) is 0 Å². The Morgan fingerprint density at radius 2 is 2.45 bits per heavy atom. The van der Waals surface area contributed by atoms with Crippen LogP contribution in [0.1, 0.15) is 6.42 Å². The van der Waals surface area contributed by atoms with E-state index < -0.39 is 5.92 Å². The monoisotopic (exact) mass is 152 g/mol. The van der Waals surface area contributed by atoms with Gasteiger partial charge < -0.3 is 9.53 Å². The fourth-order valence-corrected chi connectivity index (χ4v) is 1.66. The number of carbonyl (C=O) groups is 2. The first-order valence-corrected chi connectivity index (χ1v) is 3.65. The highest BCUT2D eigenvalue weighted by atomic mass is 16.6. The van der Waals surface area contributed by atoms with Crippen molar-refractivity contribution in [2.75, 3.05) is 0 Å². The molecule has 0 unspecified atom stereocenters. The molecule has 0 aromatic rings. The topological polar surface area (TPSA) is 43.4 Å². The Labute approximate surface area is 64.0 Å². The smallest absolute Gasteiger partial charge is 0.317 e. The fraction of sp³-hybridized carbons (Fsp3) is 0.500. The normalized spacial score (nSPS) is 40.4. The number of ether oxygens (including phenoxy) is 1. The van der Waals surface area contributed by atoms with Crippen LogP contribution in [0.2, 0.25) is 0 Å². The van der Waals surface area contributed by atoms with Crippen molar-refractivity contribution < 1.29 is 14.3 Å². The van der Waals surface area contributed by atoms with Gasteiger partial charge >= 0.3 is 5.97 Å². The summed E-state index contributed by atoms with van der Waals surface area (Å²) in [7, 11) is 0. The molecule has 1 heterocycles. The van der Waals surface area contributed by atoms with E-state index in [-0.39, 0.29) is 18.0 Å². The summed E-state index contributed by atoms with van der Waals surface area (Å²) in [4.78, 5) is 21.4. The van der Waals surface area contributed by atoms with Crippen LogP contribution in [0.25, 0.3) is 0 Å². The number of rotatable bonds is 1. The summed E-state index contributed by atoms with van der Waals surface area (Å²) >= 11 is 0. The van der Waals surface area contributed by atoms with Crippen LogP contribution in [0.3, 0.4) is 0 Å². The number of hydrogen-bond acceptors (Lipinski definition) is 3. The standard InChI is InChI=1S/C8H8O3/c9-4-6-5-2-1-3-7(5)11-8(6)10/h1-2,4-7H,3H2/t5-,6+,7-/m0/s1.